The highest BCUT2D eigenvalue weighted by Gasteiger charge is 2.32. The molecule has 2 N–H and O–H groups in total. The van der Waals surface area contributed by atoms with Gasteiger partial charge in [0.15, 0.2) is 0 Å². The largest absolute Gasteiger partial charge is 0.480 e. The van der Waals surface area contributed by atoms with Crippen molar-refractivity contribution in [3.05, 3.63) is 95.6 Å². The van der Waals surface area contributed by atoms with Crippen LogP contribution in [0.2, 0.25) is 0 Å². The molecule has 2 unspecified atom stereocenters. The van der Waals surface area contributed by atoms with E-state index in [2.05, 4.69) is 29.6 Å². The van der Waals surface area contributed by atoms with E-state index in [1.807, 2.05) is 54.6 Å². The van der Waals surface area contributed by atoms with Crippen molar-refractivity contribution in [2.75, 3.05) is 19.7 Å². The first kappa shape index (κ1) is 26.5. The van der Waals surface area contributed by atoms with Gasteiger partial charge in [0.1, 0.15) is 13.2 Å². The number of carboxylic acid groups (broad SMARTS) is 1. The summed E-state index contributed by atoms with van der Waals surface area (Å²) in [6.45, 7) is 0.630. The number of aliphatic carboxylic acids is 1. The Morgan fingerprint density at radius 3 is 2.18 bits per heavy atom. The second-order valence-electron chi connectivity index (χ2n) is 10.5. The first-order valence-corrected chi connectivity index (χ1v) is 13.6. The van der Waals surface area contributed by atoms with Gasteiger partial charge >= 0.3 is 12.1 Å². The predicted molar refractivity (Wildman–Crippen MR) is 148 cm³/mol. The lowest BCUT2D eigenvalue weighted by Crippen LogP contribution is -2.42. The van der Waals surface area contributed by atoms with Gasteiger partial charge in [-0.25, -0.2) is 4.79 Å². The Balaban J connectivity index is 1.14. The second kappa shape index (κ2) is 12.2. The summed E-state index contributed by atoms with van der Waals surface area (Å²) in [5.41, 5.74) is 5.60. The summed E-state index contributed by atoms with van der Waals surface area (Å²) in [5.74, 6) is -1.27. The molecular formula is C32H34N2O5. The minimum absolute atomic E-state index is 0.00432. The lowest BCUT2D eigenvalue weighted by atomic mass is 9.80. The van der Waals surface area contributed by atoms with Crippen molar-refractivity contribution in [3.8, 4) is 11.1 Å². The predicted octanol–water partition coefficient (Wildman–Crippen LogP) is 5.44. The molecule has 0 bridgehead atoms. The lowest BCUT2D eigenvalue weighted by Gasteiger charge is -2.32. The molecule has 0 heterocycles. The van der Waals surface area contributed by atoms with Gasteiger partial charge in [-0.2, -0.15) is 0 Å². The maximum absolute atomic E-state index is 13.3. The average molecular weight is 527 g/mol. The minimum atomic E-state index is -1.02. The van der Waals surface area contributed by atoms with Crippen molar-refractivity contribution >= 4 is 18.0 Å². The number of alkyl carbamates (subject to hydrolysis) is 1. The van der Waals surface area contributed by atoms with Gasteiger partial charge in [-0.3, -0.25) is 9.59 Å². The molecule has 202 valence electrons. The lowest BCUT2D eigenvalue weighted by molar-refractivity contribution is -0.147. The Bertz CT molecular complexity index is 1280. The van der Waals surface area contributed by atoms with E-state index >= 15 is 0 Å². The van der Waals surface area contributed by atoms with E-state index in [-0.39, 0.29) is 43.4 Å². The minimum Gasteiger partial charge on any atom is -0.480 e. The third-order valence-corrected chi connectivity index (χ3v) is 7.86. The maximum Gasteiger partial charge on any atom is 0.407 e. The zero-order valence-corrected chi connectivity index (χ0v) is 21.9. The van der Waals surface area contributed by atoms with Gasteiger partial charge in [0.25, 0.3) is 0 Å². The number of hydrogen-bond donors (Lipinski definition) is 2. The fourth-order valence-corrected chi connectivity index (χ4v) is 6.01. The van der Waals surface area contributed by atoms with Gasteiger partial charge in [0, 0.05) is 24.9 Å². The molecule has 2 aliphatic carbocycles. The SMILES string of the molecule is O=C(O)CN(Cc1ccccc1)C(=O)C1CCCC(CNC(=O)OCC2c3ccccc3-c3ccccc32)C1. The van der Waals surface area contributed by atoms with Crippen LogP contribution in [0.15, 0.2) is 78.9 Å². The smallest absolute Gasteiger partial charge is 0.407 e. The molecule has 1 saturated carbocycles. The summed E-state index contributed by atoms with van der Waals surface area (Å²) in [7, 11) is 0. The second-order valence-corrected chi connectivity index (χ2v) is 10.5. The van der Waals surface area contributed by atoms with Crippen molar-refractivity contribution in [2.24, 2.45) is 11.8 Å². The van der Waals surface area contributed by atoms with Gasteiger partial charge in [-0.05, 0) is 53.0 Å². The fourth-order valence-electron chi connectivity index (χ4n) is 6.01. The van der Waals surface area contributed by atoms with Gasteiger partial charge < -0.3 is 20.1 Å². The Kier molecular flexibility index (Phi) is 8.25. The summed E-state index contributed by atoms with van der Waals surface area (Å²) in [6.07, 6.45) is 2.66. The van der Waals surface area contributed by atoms with Gasteiger partial charge in [0.05, 0.1) is 0 Å². The zero-order chi connectivity index (χ0) is 27.2. The highest BCUT2D eigenvalue weighted by Crippen LogP contribution is 2.44. The zero-order valence-electron chi connectivity index (χ0n) is 21.9. The van der Waals surface area contributed by atoms with Crippen molar-refractivity contribution in [1.29, 1.82) is 0 Å². The number of nitrogens with one attached hydrogen (secondary N) is 1. The maximum atomic E-state index is 13.3. The van der Waals surface area contributed by atoms with Crippen LogP contribution in [0.3, 0.4) is 0 Å². The topological polar surface area (TPSA) is 95.9 Å². The number of ether oxygens (including phenoxy) is 1. The number of fused-ring (bicyclic) bond motifs is 3. The van der Waals surface area contributed by atoms with E-state index < -0.39 is 12.1 Å². The molecule has 39 heavy (non-hydrogen) atoms. The van der Waals surface area contributed by atoms with Crippen molar-refractivity contribution in [3.63, 3.8) is 0 Å². The molecule has 0 aliphatic heterocycles. The fraction of sp³-hybridized carbons (Fsp3) is 0.344. The number of hydrogen-bond acceptors (Lipinski definition) is 4. The van der Waals surface area contributed by atoms with Crippen LogP contribution in [0, 0.1) is 11.8 Å². The Labute approximate surface area is 228 Å². The standard InChI is InChI=1S/C32H34N2O5/c35-30(36)20-34(19-22-9-2-1-3-10-22)31(37)24-12-8-11-23(17-24)18-33-32(38)39-21-29-27-15-6-4-13-25(27)26-14-5-7-16-28(26)29/h1-7,9-10,13-16,23-24,29H,8,11-12,17-21H2,(H,33,38)(H,35,36). The number of rotatable bonds is 9. The highest BCUT2D eigenvalue weighted by molar-refractivity contribution is 5.83. The van der Waals surface area contributed by atoms with Crippen LogP contribution < -0.4 is 5.32 Å². The van der Waals surface area contributed by atoms with Crippen LogP contribution >= 0.6 is 0 Å². The Hall–Kier alpha value is -4.13. The molecule has 0 spiro atoms. The van der Waals surface area contributed by atoms with Gasteiger partial charge in [0.2, 0.25) is 5.91 Å². The molecular weight excluding hydrogens is 492 g/mol. The molecule has 5 rings (SSSR count). The normalized spacial score (nSPS) is 18.1. The van der Waals surface area contributed by atoms with Crippen LogP contribution in [-0.4, -0.2) is 47.7 Å². The van der Waals surface area contributed by atoms with Crippen molar-refractivity contribution in [1.82, 2.24) is 10.2 Å². The molecule has 1 fully saturated rings. The van der Waals surface area contributed by atoms with Crippen LogP contribution in [0.1, 0.15) is 48.3 Å². The number of carboxylic acids is 1. The average Bonchev–Trinajstić information content (AvgIpc) is 3.28. The number of amides is 2. The molecule has 0 saturated heterocycles. The summed E-state index contributed by atoms with van der Waals surface area (Å²) in [4.78, 5) is 38.9. The molecule has 2 atom stereocenters. The van der Waals surface area contributed by atoms with Crippen molar-refractivity contribution in [2.45, 2.75) is 38.1 Å². The number of nitrogens with zero attached hydrogens (tertiary/aromatic N) is 1. The summed E-state index contributed by atoms with van der Waals surface area (Å²) in [6, 6.07) is 25.9. The van der Waals surface area contributed by atoms with E-state index in [9.17, 15) is 19.5 Å². The van der Waals surface area contributed by atoms with Crippen molar-refractivity contribution < 1.29 is 24.2 Å². The first-order valence-electron chi connectivity index (χ1n) is 13.6. The first-order chi connectivity index (χ1) is 19.0. The highest BCUT2D eigenvalue weighted by atomic mass is 16.5. The van der Waals surface area contributed by atoms with E-state index in [1.54, 1.807) is 0 Å². The van der Waals surface area contributed by atoms with Crippen LogP contribution in [0.5, 0.6) is 0 Å². The molecule has 3 aromatic carbocycles. The molecule has 2 aliphatic rings. The molecule has 3 aromatic rings. The van der Waals surface area contributed by atoms with E-state index in [0.29, 0.717) is 13.0 Å². The summed E-state index contributed by atoms with van der Waals surface area (Å²) in [5, 5.41) is 12.3. The van der Waals surface area contributed by atoms with E-state index in [1.165, 1.54) is 27.2 Å². The molecule has 0 radical (unpaired) electrons. The molecule has 0 aromatic heterocycles. The van der Waals surface area contributed by atoms with Gasteiger partial charge in [-0.15, -0.1) is 0 Å². The van der Waals surface area contributed by atoms with Gasteiger partial charge in [-0.1, -0.05) is 85.3 Å². The third kappa shape index (κ3) is 6.30. The van der Waals surface area contributed by atoms with Crippen LogP contribution in [0.4, 0.5) is 4.79 Å². The quantitative estimate of drug-likeness (QED) is 0.387. The van der Waals surface area contributed by atoms with Crippen LogP contribution in [-0.2, 0) is 20.9 Å². The summed E-state index contributed by atoms with van der Waals surface area (Å²) >= 11 is 0. The third-order valence-electron chi connectivity index (χ3n) is 7.86. The van der Waals surface area contributed by atoms with E-state index in [4.69, 9.17) is 4.74 Å². The van der Waals surface area contributed by atoms with E-state index in [0.717, 1.165) is 24.8 Å². The molecule has 7 nitrogen and oxygen atoms in total. The molecule has 7 heteroatoms. The number of carbonyl (C=O) groups excluding carboxylic acids is 2. The Morgan fingerprint density at radius 2 is 1.51 bits per heavy atom. The monoisotopic (exact) mass is 526 g/mol. The van der Waals surface area contributed by atoms with Crippen LogP contribution in [0.25, 0.3) is 11.1 Å². The summed E-state index contributed by atoms with van der Waals surface area (Å²) < 4.78 is 5.66. The number of carbonyl (C=O) groups is 3. The Morgan fingerprint density at radius 1 is 0.872 bits per heavy atom. The number of benzene rings is 3. The molecule has 2 amide bonds.